The molecule has 0 aliphatic heterocycles. The maximum Gasteiger partial charge on any atom is 0.223 e. The molecule has 1 heterocycles. The van der Waals surface area contributed by atoms with Gasteiger partial charge in [-0.15, -0.1) is 0 Å². The van der Waals surface area contributed by atoms with Crippen molar-refractivity contribution in [2.45, 2.75) is 58.5 Å². The summed E-state index contributed by atoms with van der Waals surface area (Å²) in [4.78, 5) is 17.3. The molecule has 1 saturated carbocycles. The lowest BCUT2D eigenvalue weighted by Crippen LogP contribution is -2.32. The molecule has 1 N–H and O–H groups in total. The number of hydrogen-bond donors (Lipinski definition) is 1. The molecule has 0 unspecified atom stereocenters. The van der Waals surface area contributed by atoms with Crippen molar-refractivity contribution < 1.29 is 9.53 Å². The summed E-state index contributed by atoms with van der Waals surface area (Å²) in [6.45, 7) is 3.84. The molecular weight excluding hydrogens is 374 g/mol. The number of rotatable bonds is 8. The van der Waals surface area contributed by atoms with Gasteiger partial charge in [0.25, 0.3) is 0 Å². The molecule has 158 valence electrons. The van der Waals surface area contributed by atoms with Crippen LogP contribution in [0.25, 0.3) is 11.0 Å². The van der Waals surface area contributed by atoms with Gasteiger partial charge in [-0.1, -0.05) is 50.5 Å². The monoisotopic (exact) mass is 405 g/mol. The number of amides is 1. The van der Waals surface area contributed by atoms with Crippen molar-refractivity contribution in [3.63, 3.8) is 0 Å². The van der Waals surface area contributed by atoms with E-state index in [4.69, 9.17) is 9.72 Å². The molecule has 1 amide bonds. The molecular formula is C25H31N3O2. The fourth-order valence-electron chi connectivity index (χ4n) is 4.26. The highest BCUT2D eigenvalue weighted by Gasteiger charge is 2.21. The third kappa shape index (κ3) is 4.84. The molecule has 1 fully saturated rings. The van der Waals surface area contributed by atoms with E-state index in [9.17, 15) is 4.79 Å². The van der Waals surface area contributed by atoms with Crippen LogP contribution < -0.4 is 10.1 Å². The van der Waals surface area contributed by atoms with Gasteiger partial charge in [-0.2, -0.15) is 0 Å². The van der Waals surface area contributed by atoms with Crippen molar-refractivity contribution in [3.8, 4) is 5.75 Å². The Labute approximate surface area is 178 Å². The fourth-order valence-corrected chi connectivity index (χ4v) is 4.26. The summed E-state index contributed by atoms with van der Waals surface area (Å²) in [5.74, 6) is 2.08. The van der Waals surface area contributed by atoms with Crippen LogP contribution in [0.1, 0.15) is 50.4 Å². The van der Waals surface area contributed by atoms with Crippen LogP contribution in [-0.4, -0.2) is 22.1 Å². The summed E-state index contributed by atoms with van der Waals surface area (Å²) in [6, 6.07) is 16.4. The predicted molar refractivity (Wildman–Crippen MR) is 119 cm³/mol. The van der Waals surface area contributed by atoms with Crippen molar-refractivity contribution in [1.29, 1.82) is 0 Å². The van der Waals surface area contributed by atoms with Gasteiger partial charge >= 0.3 is 0 Å². The molecule has 5 heteroatoms. The molecule has 0 spiro atoms. The number of imidazole rings is 1. The highest BCUT2D eigenvalue weighted by Crippen LogP contribution is 2.24. The third-order valence-corrected chi connectivity index (χ3v) is 6.05. The minimum absolute atomic E-state index is 0.158. The predicted octanol–water partition coefficient (Wildman–Crippen LogP) is 4.87. The first-order valence-electron chi connectivity index (χ1n) is 11.2. The Kier molecular flexibility index (Phi) is 6.67. The molecule has 1 aromatic heterocycles. The number of carbonyl (C=O) groups excluding carboxylic acids is 1. The average molecular weight is 406 g/mol. The van der Waals surface area contributed by atoms with Crippen LogP contribution in [0.4, 0.5) is 0 Å². The van der Waals surface area contributed by atoms with Crippen LogP contribution in [0, 0.1) is 5.92 Å². The van der Waals surface area contributed by atoms with Crippen LogP contribution in [0.2, 0.25) is 0 Å². The molecule has 0 radical (unpaired) electrons. The van der Waals surface area contributed by atoms with Gasteiger partial charge in [0.2, 0.25) is 5.91 Å². The van der Waals surface area contributed by atoms with Gasteiger partial charge < -0.3 is 14.6 Å². The zero-order valence-corrected chi connectivity index (χ0v) is 17.8. The average Bonchev–Trinajstić information content (AvgIpc) is 3.16. The first kappa shape index (κ1) is 20.5. The summed E-state index contributed by atoms with van der Waals surface area (Å²) in [5.41, 5.74) is 3.33. The van der Waals surface area contributed by atoms with E-state index >= 15 is 0 Å². The minimum atomic E-state index is 0.158. The largest absolute Gasteiger partial charge is 0.492 e. The molecule has 30 heavy (non-hydrogen) atoms. The summed E-state index contributed by atoms with van der Waals surface area (Å²) < 4.78 is 8.13. The van der Waals surface area contributed by atoms with Crippen molar-refractivity contribution in [2.24, 2.45) is 5.92 Å². The van der Waals surface area contributed by atoms with Crippen molar-refractivity contribution in [3.05, 3.63) is 59.9 Å². The van der Waals surface area contributed by atoms with Crippen molar-refractivity contribution >= 4 is 16.9 Å². The Morgan fingerprint density at radius 3 is 2.63 bits per heavy atom. The molecule has 1 aliphatic rings. The lowest BCUT2D eigenvalue weighted by Gasteiger charge is -2.20. The van der Waals surface area contributed by atoms with Crippen molar-refractivity contribution in [2.75, 3.05) is 6.61 Å². The number of para-hydroxylation sites is 2. The van der Waals surface area contributed by atoms with Gasteiger partial charge in [0.1, 0.15) is 18.2 Å². The molecule has 5 nitrogen and oxygen atoms in total. The number of fused-ring (bicyclic) bond motifs is 1. The number of carbonyl (C=O) groups is 1. The molecule has 0 atom stereocenters. The van der Waals surface area contributed by atoms with E-state index in [1.807, 2.05) is 30.3 Å². The van der Waals surface area contributed by atoms with Gasteiger partial charge in [0, 0.05) is 5.92 Å². The Balaban J connectivity index is 1.42. The topological polar surface area (TPSA) is 56.1 Å². The van der Waals surface area contributed by atoms with Gasteiger partial charge in [0.15, 0.2) is 0 Å². The molecule has 0 bridgehead atoms. The van der Waals surface area contributed by atoms with Gasteiger partial charge in [-0.3, -0.25) is 4.79 Å². The number of hydrogen-bond acceptors (Lipinski definition) is 3. The summed E-state index contributed by atoms with van der Waals surface area (Å²) >= 11 is 0. The second-order valence-electron chi connectivity index (χ2n) is 8.07. The Morgan fingerprint density at radius 1 is 1.10 bits per heavy atom. The smallest absolute Gasteiger partial charge is 0.223 e. The number of aromatic nitrogens is 2. The second kappa shape index (κ2) is 9.79. The quantitative estimate of drug-likeness (QED) is 0.581. The van der Waals surface area contributed by atoms with Crippen LogP contribution >= 0.6 is 0 Å². The third-order valence-electron chi connectivity index (χ3n) is 6.05. The molecule has 2 aromatic carbocycles. The van der Waals surface area contributed by atoms with E-state index < -0.39 is 0 Å². The van der Waals surface area contributed by atoms with Crippen LogP contribution in [0.15, 0.2) is 48.5 Å². The number of aryl methyl sites for hydroxylation is 1. The first-order valence-corrected chi connectivity index (χ1v) is 11.2. The maximum absolute atomic E-state index is 12.6. The summed E-state index contributed by atoms with van der Waals surface area (Å²) in [6.07, 6.45) is 6.61. The lowest BCUT2D eigenvalue weighted by atomic mass is 9.89. The maximum atomic E-state index is 12.6. The summed E-state index contributed by atoms with van der Waals surface area (Å²) in [7, 11) is 0. The van der Waals surface area contributed by atoms with Gasteiger partial charge in [-0.25, -0.2) is 4.98 Å². The summed E-state index contributed by atoms with van der Waals surface area (Å²) in [5, 5.41) is 3.13. The van der Waals surface area contributed by atoms with Crippen molar-refractivity contribution in [1.82, 2.24) is 14.9 Å². The Hall–Kier alpha value is -2.82. The number of benzene rings is 2. The number of nitrogens with zero attached hydrogens (tertiary/aromatic N) is 2. The highest BCUT2D eigenvalue weighted by atomic mass is 16.5. The van der Waals surface area contributed by atoms with E-state index in [2.05, 4.69) is 35.0 Å². The van der Waals surface area contributed by atoms with Gasteiger partial charge in [-0.05, 0) is 49.1 Å². The SMILES string of the molecule is CCc1ccc(OCCn2c(CNC(=O)C3CCCCC3)nc3ccccc32)cc1. The van der Waals surface area contributed by atoms with Gasteiger partial charge in [0.05, 0.1) is 24.1 Å². The van der Waals surface area contributed by atoms with E-state index in [0.29, 0.717) is 19.7 Å². The molecule has 3 aromatic rings. The Morgan fingerprint density at radius 2 is 1.87 bits per heavy atom. The van der Waals surface area contributed by atoms with Crippen LogP contribution in [0.3, 0.4) is 0 Å². The standard InChI is InChI=1S/C25H31N3O2/c1-2-19-12-14-21(15-13-19)30-17-16-28-23-11-7-6-10-22(23)27-24(28)18-26-25(29)20-8-4-3-5-9-20/h6-7,10-15,20H,2-5,8-9,16-18H2,1H3,(H,26,29). The number of nitrogens with one attached hydrogen (secondary N) is 1. The zero-order chi connectivity index (χ0) is 20.8. The highest BCUT2D eigenvalue weighted by molar-refractivity contribution is 5.79. The fraction of sp³-hybridized carbons (Fsp3) is 0.440. The molecule has 0 saturated heterocycles. The number of ether oxygens (including phenoxy) is 1. The Bertz CT molecular complexity index is 972. The lowest BCUT2D eigenvalue weighted by molar-refractivity contribution is -0.126. The van der Waals surface area contributed by atoms with Crippen LogP contribution in [-0.2, 0) is 24.3 Å². The van der Waals surface area contributed by atoms with E-state index in [1.165, 1.54) is 12.0 Å². The van der Waals surface area contributed by atoms with E-state index in [-0.39, 0.29) is 11.8 Å². The van der Waals surface area contributed by atoms with Crippen LogP contribution in [0.5, 0.6) is 5.75 Å². The second-order valence-corrected chi connectivity index (χ2v) is 8.07. The minimum Gasteiger partial charge on any atom is -0.492 e. The molecule has 4 rings (SSSR count). The first-order chi connectivity index (χ1) is 14.7. The zero-order valence-electron chi connectivity index (χ0n) is 17.8. The normalized spacial score (nSPS) is 14.7. The van der Waals surface area contributed by atoms with E-state index in [1.54, 1.807) is 0 Å². The molecule has 1 aliphatic carbocycles. The van der Waals surface area contributed by atoms with E-state index in [0.717, 1.165) is 54.7 Å².